The second-order valence-corrected chi connectivity index (χ2v) is 17.9. The van der Waals surface area contributed by atoms with Gasteiger partial charge >= 0.3 is 0 Å². The number of hydrogen-bond acceptors (Lipinski definition) is 4. The molecule has 0 unspecified atom stereocenters. The molecule has 8 nitrogen and oxygen atoms in total. The maximum atomic E-state index is 10.4. The Balaban J connectivity index is 1.12. The summed E-state index contributed by atoms with van der Waals surface area (Å²) < 4.78 is 4.44. The number of nitrogens with zero attached hydrogens (tertiary/aromatic N) is 7. The zero-order valence-corrected chi connectivity index (χ0v) is 39.6. The van der Waals surface area contributed by atoms with Crippen molar-refractivity contribution < 1.29 is 0 Å². The molecule has 0 saturated carbocycles. The first-order valence-corrected chi connectivity index (χ1v) is 24.1. The minimum Gasteiger partial charge on any atom is -0.309 e. The summed E-state index contributed by atoms with van der Waals surface area (Å²) >= 11 is 0. The van der Waals surface area contributed by atoms with Crippen LogP contribution in [0.2, 0.25) is 0 Å². The van der Waals surface area contributed by atoms with E-state index in [1.807, 2.05) is 140 Å². The van der Waals surface area contributed by atoms with Crippen LogP contribution in [0.15, 0.2) is 241 Å². The van der Waals surface area contributed by atoms with Gasteiger partial charge in [-0.2, -0.15) is 15.8 Å². The van der Waals surface area contributed by atoms with Crippen molar-refractivity contribution in [3.63, 3.8) is 0 Å². The first-order valence-electron chi connectivity index (χ1n) is 24.1. The van der Waals surface area contributed by atoms with Gasteiger partial charge in [0.1, 0.15) is 0 Å². The quantitative estimate of drug-likeness (QED) is 0.120. The van der Waals surface area contributed by atoms with Crippen LogP contribution in [0.1, 0.15) is 33.4 Å². The Hall–Kier alpha value is -10.7. The van der Waals surface area contributed by atoms with E-state index in [-0.39, 0.29) is 11.7 Å². The topological polar surface area (TPSA) is 130 Å². The van der Waals surface area contributed by atoms with E-state index in [1.54, 1.807) is 18.2 Å². The summed E-state index contributed by atoms with van der Waals surface area (Å²) in [5.41, 5.74) is 13.9. The number of fused-ring (bicyclic) bond motifs is 6. The number of rotatable bonds is 8. The summed E-state index contributed by atoms with van der Waals surface area (Å²) in [7, 11) is 0. The molecule has 0 saturated heterocycles. The number of nitriles is 3. The van der Waals surface area contributed by atoms with E-state index in [0.717, 1.165) is 88.4 Å². The molecule has 0 amide bonds. The molecule has 1 N–H and O–H groups in total. The molecule has 0 aliphatic rings. The van der Waals surface area contributed by atoms with Crippen molar-refractivity contribution in [2.24, 2.45) is 9.98 Å². The molecule has 0 radical (unpaired) electrons. The fourth-order valence-corrected chi connectivity index (χ4v) is 10.2. The summed E-state index contributed by atoms with van der Waals surface area (Å²) in [6.45, 7) is 0. The van der Waals surface area contributed by atoms with Crippen LogP contribution >= 0.6 is 0 Å². The van der Waals surface area contributed by atoms with Gasteiger partial charge < -0.3 is 9.13 Å². The summed E-state index contributed by atoms with van der Waals surface area (Å²) in [5.74, 6) is 0.189. The van der Waals surface area contributed by atoms with Gasteiger partial charge in [-0.05, 0) is 107 Å². The number of aliphatic imine (C=N–C) groups is 2. The van der Waals surface area contributed by atoms with E-state index < -0.39 is 0 Å². The lowest BCUT2D eigenvalue weighted by Gasteiger charge is -2.16. The minimum atomic E-state index is -0.0552. The molecular formula is C66H40N8. The van der Waals surface area contributed by atoms with Gasteiger partial charge in [0.05, 0.1) is 68.3 Å². The Labute approximate surface area is 426 Å². The average Bonchev–Trinajstić information content (AvgIpc) is 3.99. The molecule has 12 rings (SSSR count). The maximum Gasteiger partial charge on any atom is 0.162 e. The number of para-hydroxylation sites is 4. The van der Waals surface area contributed by atoms with Crippen LogP contribution in [-0.4, -0.2) is 27.0 Å². The molecule has 0 fully saturated rings. The molecular weight excluding hydrogens is 905 g/mol. The van der Waals surface area contributed by atoms with Crippen molar-refractivity contribution in [1.82, 2.24) is 9.13 Å². The van der Waals surface area contributed by atoms with Gasteiger partial charge in [0.2, 0.25) is 0 Å². The van der Waals surface area contributed by atoms with Gasteiger partial charge in [-0.3, -0.25) is 5.41 Å². The van der Waals surface area contributed by atoms with Crippen molar-refractivity contribution >= 4 is 61.5 Å². The summed E-state index contributed by atoms with van der Waals surface area (Å²) in [4.78, 5) is 10.6. The normalized spacial score (nSPS) is 11.6. The largest absolute Gasteiger partial charge is 0.309 e. The first kappa shape index (κ1) is 44.5. The zero-order chi connectivity index (χ0) is 50.1. The van der Waals surface area contributed by atoms with E-state index in [9.17, 15) is 21.2 Å². The lowest BCUT2D eigenvalue weighted by molar-refractivity contribution is 1.17. The highest BCUT2D eigenvalue weighted by molar-refractivity contribution is 6.18. The lowest BCUT2D eigenvalue weighted by atomic mass is 9.95. The van der Waals surface area contributed by atoms with E-state index in [2.05, 4.69) is 106 Å². The monoisotopic (exact) mass is 944 g/mol. The van der Waals surface area contributed by atoms with Crippen molar-refractivity contribution in [3.8, 4) is 63.0 Å². The predicted octanol–water partition coefficient (Wildman–Crippen LogP) is 15.4. The number of benzene rings is 10. The maximum absolute atomic E-state index is 10.4. The second-order valence-electron chi connectivity index (χ2n) is 17.9. The average molecular weight is 945 g/mol. The van der Waals surface area contributed by atoms with Gasteiger partial charge in [0, 0.05) is 50.0 Å². The SMILES string of the molecule is N#Cc1cccc(-c2ccc(-n3c4ccccc4c4ccccc43)c(/C=N/C(=N\C(=N)c3cc(-c4cccc(C#N)c4)ccc3-n3c4ccccc4c4ccccc43)c3ccccc3-c3ccccc3C#N)c2)c1. The lowest BCUT2D eigenvalue weighted by Crippen LogP contribution is -2.10. The highest BCUT2D eigenvalue weighted by Gasteiger charge is 2.21. The van der Waals surface area contributed by atoms with Crippen LogP contribution in [0.4, 0.5) is 0 Å². The molecule has 0 aliphatic carbocycles. The number of nitrogens with one attached hydrogen (secondary N) is 1. The number of hydrogen-bond donors (Lipinski definition) is 1. The molecule has 12 aromatic rings. The molecule has 0 spiro atoms. The van der Waals surface area contributed by atoms with E-state index in [0.29, 0.717) is 33.4 Å². The molecule has 0 aliphatic heterocycles. The van der Waals surface area contributed by atoms with Crippen LogP contribution in [0.3, 0.4) is 0 Å². The van der Waals surface area contributed by atoms with Gasteiger partial charge in [-0.25, -0.2) is 9.98 Å². The van der Waals surface area contributed by atoms with Crippen molar-refractivity contribution in [1.29, 1.82) is 21.2 Å². The fraction of sp³-hybridized carbons (Fsp3) is 0. The second kappa shape index (κ2) is 18.9. The third-order valence-electron chi connectivity index (χ3n) is 13.6. The number of aromatic nitrogens is 2. The molecule has 74 heavy (non-hydrogen) atoms. The molecule has 0 bridgehead atoms. The standard InChI is InChI=1S/C66H40N8/c67-39-43-15-13-18-45(35-43)47-31-33-59(73-60-27-9-5-22-53(60)54-23-6-10-28-61(54)73)50(37-47)42-71-66(57-26-4-3-21-52(57)51-20-2-1-17-49(51)41-69)72-65(70)58-38-48(46-19-14-16-44(36-46)40-68)32-34-64(58)74-62-29-11-7-24-55(62)56-25-8-12-30-63(56)74/h1-38,42,70H/b70-65?,71-42+,72-66-. The van der Waals surface area contributed by atoms with Crippen LogP contribution in [0.5, 0.6) is 0 Å². The fourth-order valence-electron chi connectivity index (χ4n) is 10.2. The third kappa shape index (κ3) is 7.86. The Bertz CT molecular complexity index is 4340. The van der Waals surface area contributed by atoms with Crippen molar-refractivity contribution in [2.75, 3.05) is 0 Å². The smallest absolute Gasteiger partial charge is 0.162 e. The minimum absolute atomic E-state index is 0.0552. The molecule has 2 aromatic heterocycles. The van der Waals surface area contributed by atoms with Crippen molar-refractivity contribution in [2.45, 2.75) is 0 Å². The number of amidine groups is 2. The molecule has 0 atom stereocenters. The zero-order valence-electron chi connectivity index (χ0n) is 39.6. The Morgan fingerprint density at radius 2 is 0.865 bits per heavy atom. The Morgan fingerprint density at radius 1 is 0.405 bits per heavy atom. The molecule has 2 heterocycles. The third-order valence-corrected chi connectivity index (χ3v) is 13.6. The van der Waals surface area contributed by atoms with Crippen molar-refractivity contribution in [3.05, 3.63) is 264 Å². The van der Waals surface area contributed by atoms with Crippen LogP contribution in [0, 0.1) is 39.4 Å². The molecule has 10 aromatic carbocycles. The molecule has 8 heteroatoms. The van der Waals surface area contributed by atoms with E-state index in [1.165, 1.54) is 0 Å². The molecule has 344 valence electrons. The first-order chi connectivity index (χ1) is 36.5. The Morgan fingerprint density at radius 3 is 1.42 bits per heavy atom. The summed E-state index contributed by atoms with van der Waals surface area (Å²) in [6.07, 6.45) is 1.81. The highest BCUT2D eigenvalue weighted by Crippen LogP contribution is 2.37. The summed E-state index contributed by atoms with van der Waals surface area (Å²) in [6, 6.07) is 82.7. The van der Waals surface area contributed by atoms with E-state index >= 15 is 0 Å². The van der Waals surface area contributed by atoms with Gasteiger partial charge in [-0.15, -0.1) is 0 Å². The van der Waals surface area contributed by atoms with Crippen LogP contribution in [0.25, 0.3) is 88.4 Å². The van der Waals surface area contributed by atoms with Gasteiger partial charge in [0.25, 0.3) is 0 Å². The van der Waals surface area contributed by atoms with E-state index in [4.69, 9.17) is 9.98 Å². The highest BCUT2D eigenvalue weighted by atomic mass is 15.0. The van der Waals surface area contributed by atoms with Crippen LogP contribution < -0.4 is 0 Å². The Kier molecular flexibility index (Phi) is 11.4. The summed E-state index contributed by atoms with van der Waals surface area (Å²) in [5, 5.41) is 44.9. The van der Waals surface area contributed by atoms with Gasteiger partial charge in [0.15, 0.2) is 11.7 Å². The van der Waals surface area contributed by atoms with Gasteiger partial charge in [-0.1, -0.05) is 152 Å². The van der Waals surface area contributed by atoms with Crippen LogP contribution in [-0.2, 0) is 0 Å². The predicted molar refractivity (Wildman–Crippen MR) is 299 cm³/mol.